The van der Waals surface area contributed by atoms with E-state index in [1.165, 1.54) is 24.3 Å². The van der Waals surface area contributed by atoms with E-state index in [2.05, 4.69) is 0 Å². The number of halogens is 1. The zero-order valence-electron chi connectivity index (χ0n) is 10.9. The lowest BCUT2D eigenvalue weighted by molar-refractivity contribution is -0.138. The average Bonchev–Trinajstić information content (AvgIpc) is 2.85. The molecule has 1 fully saturated rings. The lowest BCUT2D eigenvalue weighted by Crippen LogP contribution is -2.33. The van der Waals surface area contributed by atoms with Gasteiger partial charge in [-0.05, 0) is 36.6 Å². The molecule has 108 valence electrons. The molecule has 6 heteroatoms. The van der Waals surface area contributed by atoms with Crippen LogP contribution in [0.3, 0.4) is 0 Å². The van der Waals surface area contributed by atoms with Gasteiger partial charge in [-0.3, -0.25) is 9.59 Å². The number of hydrogen-bond acceptors (Lipinski definition) is 3. The van der Waals surface area contributed by atoms with Gasteiger partial charge in [0.25, 0.3) is 5.91 Å². The maximum atomic E-state index is 12.7. The summed E-state index contributed by atoms with van der Waals surface area (Å²) >= 11 is 0. The molecule has 20 heavy (non-hydrogen) atoms. The Labute approximate surface area is 116 Å². The van der Waals surface area contributed by atoms with E-state index in [0.29, 0.717) is 25.3 Å². The summed E-state index contributed by atoms with van der Waals surface area (Å²) in [6.07, 6.45) is 0.789. The highest BCUT2D eigenvalue weighted by molar-refractivity contribution is 5.78. The predicted octanol–water partition coefficient (Wildman–Crippen LogP) is 1.53. The summed E-state index contributed by atoms with van der Waals surface area (Å²) in [4.78, 5) is 24.1. The van der Waals surface area contributed by atoms with Crippen molar-refractivity contribution in [2.24, 2.45) is 5.92 Å². The summed E-state index contributed by atoms with van der Waals surface area (Å²) in [6, 6.07) is 5.44. The summed E-state index contributed by atoms with van der Waals surface area (Å²) in [7, 11) is 0. The molecular formula is C14H16FNO4. The van der Waals surface area contributed by atoms with E-state index < -0.39 is 5.97 Å². The van der Waals surface area contributed by atoms with Crippen LogP contribution in [0.25, 0.3) is 0 Å². The van der Waals surface area contributed by atoms with Gasteiger partial charge in [-0.15, -0.1) is 0 Å². The van der Waals surface area contributed by atoms with Gasteiger partial charge >= 0.3 is 5.97 Å². The van der Waals surface area contributed by atoms with Crippen LogP contribution in [0.5, 0.6) is 5.75 Å². The van der Waals surface area contributed by atoms with E-state index in [0.717, 1.165) is 0 Å². The van der Waals surface area contributed by atoms with Crippen LogP contribution in [0.4, 0.5) is 4.39 Å². The van der Waals surface area contributed by atoms with Crippen LogP contribution in [0, 0.1) is 11.7 Å². The Balaban J connectivity index is 1.78. The SMILES string of the molecule is O=C(O)CC1CCN(C(=O)COc2ccc(F)cc2)C1. The molecule has 0 radical (unpaired) electrons. The molecule has 1 saturated heterocycles. The molecule has 1 heterocycles. The molecule has 0 aromatic heterocycles. The van der Waals surface area contributed by atoms with Gasteiger partial charge in [-0.2, -0.15) is 0 Å². The normalized spacial score (nSPS) is 18.1. The van der Waals surface area contributed by atoms with E-state index in [1.807, 2.05) is 0 Å². The molecule has 1 atom stereocenters. The Hall–Kier alpha value is -2.11. The molecule has 1 aliphatic rings. The summed E-state index contributed by atoms with van der Waals surface area (Å²) in [6.45, 7) is 0.896. The number of hydrogen-bond donors (Lipinski definition) is 1. The number of ether oxygens (including phenoxy) is 1. The Morgan fingerprint density at radius 1 is 1.35 bits per heavy atom. The number of amides is 1. The standard InChI is InChI=1S/C14H16FNO4/c15-11-1-3-12(4-2-11)20-9-13(17)16-6-5-10(8-16)7-14(18)19/h1-4,10H,5-9H2,(H,18,19). The minimum absolute atomic E-state index is 0.0160. The van der Waals surface area contributed by atoms with E-state index >= 15 is 0 Å². The number of aliphatic carboxylic acids is 1. The minimum Gasteiger partial charge on any atom is -0.484 e. The molecule has 1 N–H and O–H groups in total. The fourth-order valence-corrected chi connectivity index (χ4v) is 2.24. The zero-order valence-corrected chi connectivity index (χ0v) is 10.9. The third kappa shape index (κ3) is 3.94. The highest BCUT2D eigenvalue weighted by atomic mass is 19.1. The van der Waals surface area contributed by atoms with Crippen LogP contribution < -0.4 is 4.74 Å². The lowest BCUT2D eigenvalue weighted by atomic mass is 10.1. The van der Waals surface area contributed by atoms with Crippen molar-refractivity contribution in [2.75, 3.05) is 19.7 Å². The van der Waals surface area contributed by atoms with Crippen LogP contribution in [0.1, 0.15) is 12.8 Å². The van der Waals surface area contributed by atoms with E-state index in [4.69, 9.17) is 9.84 Å². The van der Waals surface area contributed by atoms with Crippen LogP contribution in [0.2, 0.25) is 0 Å². The topological polar surface area (TPSA) is 66.8 Å². The second kappa shape index (κ2) is 6.36. The summed E-state index contributed by atoms with van der Waals surface area (Å²) in [5, 5.41) is 8.71. The Kier molecular flexibility index (Phi) is 4.55. The van der Waals surface area contributed by atoms with E-state index in [1.54, 1.807) is 4.90 Å². The quantitative estimate of drug-likeness (QED) is 0.888. The molecule has 1 aromatic carbocycles. The smallest absolute Gasteiger partial charge is 0.303 e. The first-order chi connectivity index (χ1) is 9.54. The summed E-state index contributed by atoms with van der Waals surface area (Å²) in [5.74, 6) is -0.933. The second-order valence-corrected chi connectivity index (χ2v) is 4.83. The fourth-order valence-electron chi connectivity index (χ4n) is 2.24. The average molecular weight is 281 g/mol. The monoisotopic (exact) mass is 281 g/mol. The van der Waals surface area contributed by atoms with Gasteiger partial charge in [0.1, 0.15) is 11.6 Å². The van der Waals surface area contributed by atoms with Crippen LogP contribution in [0.15, 0.2) is 24.3 Å². The predicted molar refractivity (Wildman–Crippen MR) is 68.8 cm³/mol. The van der Waals surface area contributed by atoms with Gasteiger partial charge in [-0.25, -0.2) is 4.39 Å². The first-order valence-corrected chi connectivity index (χ1v) is 6.42. The maximum absolute atomic E-state index is 12.7. The van der Waals surface area contributed by atoms with Crippen molar-refractivity contribution in [3.63, 3.8) is 0 Å². The van der Waals surface area contributed by atoms with E-state index in [-0.39, 0.29) is 30.7 Å². The molecule has 0 bridgehead atoms. The molecule has 1 unspecified atom stereocenters. The first kappa shape index (κ1) is 14.3. The number of carboxylic acid groups (broad SMARTS) is 1. The first-order valence-electron chi connectivity index (χ1n) is 6.42. The second-order valence-electron chi connectivity index (χ2n) is 4.83. The van der Waals surface area contributed by atoms with Crippen LogP contribution in [-0.2, 0) is 9.59 Å². The highest BCUT2D eigenvalue weighted by Gasteiger charge is 2.27. The molecule has 2 rings (SSSR count). The van der Waals surface area contributed by atoms with Crippen molar-refractivity contribution in [2.45, 2.75) is 12.8 Å². The van der Waals surface area contributed by atoms with Crippen molar-refractivity contribution in [3.8, 4) is 5.75 Å². The van der Waals surface area contributed by atoms with Crippen molar-refractivity contribution in [1.29, 1.82) is 0 Å². The van der Waals surface area contributed by atoms with Gasteiger partial charge in [0.05, 0.1) is 0 Å². The molecule has 5 nitrogen and oxygen atoms in total. The van der Waals surface area contributed by atoms with Crippen molar-refractivity contribution in [3.05, 3.63) is 30.1 Å². The number of carbonyl (C=O) groups is 2. The van der Waals surface area contributed by atoms with E-state index in [9.17, 15) is 14.0 Å². The highest BCUT2D eigenvalue weighted by Crippen LogP contribution is 2.20. The molecule has 1 aliphatic heterocycles. The summed E-state index contributed by atoms with van der Waals surface area (Å²) in [5.41, 5.74) is 0. The maximum Gasteiger partial charge on any atom is 0.303 e. The largest absolute Gasteiger partial charge is 0.484 e. The molecule has 1 amide bonds. The number of carbonyl (C=O) groups excluding carboxylic acids is 1. The van der Waals surface area contributed by atoms with Crippen molar-refractivity contribution in [1.82, 2.24) is 4.90 Å². The lowest BCUT2D eigenvalue weighted by Gasteiger charge is -2.16. The minimum atomic E-state index is -0.841. The fraction of sp³-hybridized carbons (Fsp3) is 0.429. The summed E-state index contributed by atoms with van der Waals surface area (Å²) < 4.78 is 18.0. The van der Waals surface area contributed by atoms with Crippen LogP contribution in [-0.4, -0.2) is 41.6 Å². The molecule has 1 aromatic rings. The zero-order chi connectivity index (χ0) is 14.5. The molecule has 0 saturated carbocycles. The molecule has 0 spiro atoms. The van der Waals surface area contributed by atoms with Gasteiger partial charge in [0.2, 0.25) is 0 Å². The Bertz CT molecular complexity index is 488. The van der Waals surface area contributed by atoms with Crippen molar-refractivity contribution < 1.29 is 23.8 Å². The Morgan fingerprint density at radius 3 is 2.70 bits per heavy atom. The van der Waals surface area contributed by atoms with Gasteiger partial charge in [0.15, 0.2) is 6.61 Å². The number of benzene rings is 1. The molecule has 0 aliphatic carbocycles. The van der Waals surface area contributed by atoms with Crippen LogP contribution >= 0.6 is 0 Å². The Morgan fingerprint density at radius 2 is 2.05 bits per heavy atom. The van der Waals surface area contributed by atoms with Gasteiger partial charge in [-0.1, -0.05) is 0 Å². The third-order valence-corrected chi connectivity index (χ3v) is 3.28. The molecular weight excluding hydrogens is 265 g/mol. The number of nitrogens with zero attached hydrogens (tertiary/aromatic N) is 1. The van der Waals surface area contributed by atoms with Gasteiger partial charge < -0.3 is 14.7 Å². The number of carboxylic acids is 1. The number of likely N-dealkylation sites (tertiary alicyclic amines) is 1. The van der Waals surface area contributed by atoms with Crippen molar-refractivity contribution >= 4 is 11.9 Å². The van der Waals surface area contributed by atoms with Gasteiger partial charge in [0, 0.05) is 19.5 Å². The third-order valence-electron chi connectivity index (χ3n) is 3.28. The number of rotatable bonds is 5.